The van der Waals surface area contributed by atoms with Gasteiger partial charge in [0.1, 0.15) is 5.75 Å². The van der Waals surface area contributed by atoms with Crippen molar-refractivity contribution >= 4 is 10.0 Å². The fourth-order valence-corrected chi connectivity index (χ4v) is 4.67. The summed E-state index contributed by atoms with van der Waals surface area (Å²) in [6, 6.07) is 3.42. The molecule has 1 aliphatic rings. The average molecular weight is 311 g/mol. The van der Waals surface area contributed by atoms with Crippen molar-refractivity contribution in [3.8, 4) is 5.75 Å². The molecule has 0 spiro atoms. The summed E-state index contributed by atoms with van der Waals surface area (Å²) < 4.78 is 33.3. The Balaban J connectivity index is 2.23. The molecule has 0 saturated heterocycles. The van der Waals surface area contributed by atoms with Gasteiger partial charge < -0.3 is 4.74 Å². The van der Waals surface area contributed by atoms with Gasteiger partial charge in [-0.1, -0.05) is 19.8 Å². The Bertz CT molecular complexity index is 587. The molecule has 0 aliphatic heterocycles. The molecule has 1 saturated carbocycles. The Kier molecular flexibility index (Phi) is 4.94. The zero-order valence-corrected chi connectivity index (χ0v) is 14.1. The van der Waals surface area contributed by atoms with Gasteiger partial charge in [0.25, 0.3) is 0 Å². The second-order valence-electron chi connectivity index (χ2n) is 6.18. The van der Waals surface area contributed by atoms with Crippen molar-refractivity contribution in [3.05, 3.63) is 23.3 Å². The van der Waals surface area contributed by atoms with E-state index in [4.69, 9.17) is 4.74 Å². The Morgan fingerprint density at radius 3 is 2.33 bits per heavy atom. The summed E-state index contributed by atoms with van der Waals surface area (Å²) in [6.45, 7) is 5.92. The molecular weight excluding hydrogens is 286 g/mol. The summed E-state index contributed by atoms with van der Waals surface area (Å²) >= 11 is 0. The molecule has 1 aliphatic carbocycles. The summed E-state index contributed by atoms with van der Waals surface area (Å²) in [5.41, 5.74) is 1.68. The maximum Gasteiger partial charge on any atom is 0.240 e. The highest BCUT2D eigenvalue weighted by molar-refractivity contribution is 7.89. The van der Waals surface area contributed by atoms with Crippen molar-refractivity contribution in [1.82, 2.24) is 4.72 Å². The Hall–Kier alpha value is -1.07. The normalized spacial score (nSPS) is 23.0. The number of sulfonamides is 1. The largest absolute Gasteiger partial charge is 0.496 e. The van der Waals surface area contributed by atoms with Gasteiger partial charge in [-0.3, -0.25) is 0 Å². The van der Waals surface area contributed by atoms with E-state index in [1.165, 1.54) is 6.42 Å². The molecule has 1 aromatic carbocycles. The molecule has 5 heteroatoms. The molecule has 2 unspecified atom stereocenters. The summed E-state index contributed by atoms with van der Waals surface area (Å²) in [5, 5.41) is 0. The van der Waals surface area contributed by atoms with E-state index in [1.54, 1.807) is 19.2 Å². The Labute approximate surface area is 127 Å². The molecule has 2 atom stereocenters. The van der Waals surface area contributed by atoms with Gasteiger partial charge in [-0.2, -0.15) is 0 Å². The van der Waals surface area contributed by atoms with Gasteiger partial charge in [-0.15, -0.1) is 0 Å². The van der Waals surface area contributed by atoms with Crippen molar-refractivity contribution in [1.29, 1.82) is 0 Å². The molecule has 118 valence electrons. The number of ether oxygens (including phenoxy) is 1. The predicted octanol–water partition coefficient (Wildman–Crippen LogP) is 3.17. The van der Waals surface area contributed by atoms with Crippen molar-refractivity contribution in [2.24, 2.45) is 5.92 Å². The van der Waals surface area contributed by atoms with Crippen LogP contribution in [0.3, 0.4) is 0 Å². The van der Waals surface area contributed by atoms with Gasteiger partial charge in [0, 0.05) is 6.04 Å². The third-order valence-electron chi connectivity index (χ3n) is 4.21. The quantitative estimate of drug-likeness (QED) is 0.929. The van der Waals surface area contributed by atoms with Gasteiger partial charge >= 0.3 is 0 Å². The molecule has 0 heterocycles. The molecule has 0 bridgehead atoms. The van der Waals surface area contributed by atoms with Crippen LogP contribution < -0.4 is 9.46 Å². The standard InChI is InChI=1S/C16H25NO3S/c1-11-6-5-7-14(8-11)17-21(18,19)15-9-12(2)16(20-4)13(3)10-15/h9-11,14,17H,5-8H2,1-4H3. The van der Waals surface area contributed by atoms with Crippen molar-refractivity contribution < 1.29 is 13.2 Å². The Morgan fingerprint density at radius 2 is 1.81 bits per heavy atom. The molecular formula is C16H25NO3S. The van der Waals surface area contributed by atoms with E-state index in [-0.39, 0.29) is 6.04 Å². The highest BCUT2D eigenvalue weighted by atomic mass is 32.2. The third-order valence-corrected chi connectivity index (χ3v) is 5.71. The number of rotatable bonds is 4. The first-order valence-electron chi connectivity index (χ1n) is 7.51. The van der Waals surface area contributed by atoms with Crippen molar-refractivity contribution in [2.75, 3.05) is 7.11 Å². The van der Waals surface area contributed by atoms with E-state index in [9.17, 15) is 8.42 Å². The summed E-state index contributed by atoms with van der Waals surface area (Å²) in [5.74, 6) is 1.34. The lowest BCUT2D eigenvalue weighted by Crippen LogP contribution is -2.38. The number of hydrogen-bond donors (Lipinski definition) is 1. The van der Waals surface area contributed by atoms with Crippen molar-refractivity contribution in [2.45, 2.75) is 57.4 Å². The lowest BCUT2D eigenvalue weighted by Gasteiger charge is -2.27. The molecule has 0 radical (unpaired) electrons. The van der Waals surface area contributed by atoms with Gasteiger partial charge in [-0.05, 0) is 55.9 Å². The van der Waals surface area contributed by atoms with E-state index in [1.807, 2.05) is 13.8 Å². The van der Waals surface area contributed by atoms with E-state index >= 15 is 0 Å². The maximum atomic E-state index is 12.6. The van der Waals surface area contributed by atoms with E-state index in [2.05, 4.69) is 11.6 Å². The molecule has 21 heavy (non-hydrogen) atoms. The highest BCUT2D eigenvalue weighted by Crippen LogP contribution is 2.28. The Morgan fingerprint density at radius 1 is 1.19 bits per heavy atom. The van der Waals surface area contributed by atoms with Crippen LogP contribution in [0.5, 0.6) is 5.75 Å². The number of benzene rings is 1. The van der Waals surface area contributed by atoms with Gasteiger partial charge in [0.2, 0.25) is 10.0 Å². The van der Waals surface area contributed by atoms with Crippen LogP contribution in [-0.2, 0) is 10.0 Å². The van der Waals surface area contributed by atoms with Crippen LogP contribution >= 0.6 is 0 Å². The monoisotopic (exact) mass is 311 g/mol. The minimum atomic E-state index is -3.46. The number of aryl methyl sites for hydroxylation is 2. The fourth-order valence-electron chi connectivity index (χ4n) is 3.22. The van der Waals surface area contributed by atoms with E-state index in [0.29, 0.717) is 10.8 Å². The average Bonchev–Trinajstić information content (AvgIpc) is 2.37. The third kappa shape index (κ3) is 3.77. The van der Waals surface area contributed by atoms with E-state index < -0.39 is 10.0 Å². The molecule has 1 aromatic rings. The number of methoxy groups -OCH3 is 1. The predicted molar refractivity (Wildman–Crippen MR) is 84.2 cm³/mol. The first-order chi connectivity index (χ1) is 9.83. The molecule has 0 aromatic heterocycles. The minimum Gasteiger partial charge on any atom is -0.496 e. The number of nitrogens with one attached hydrogen (secondary N) is 1. The zero-order chi connectivity index (χ0) is 15.6. The van der Waals surface area contributed by atoms with Crippen LogP contribution in [0.4, 0.5) is 0 Å². The highest BCUT2D eigenvalue weighted by Gasteiger charge is 2.25. The molecule has 1 fully saturated rings. The first kappa shape index (κ1) is 16.3. The maximum absolute atomic E-state index is 12.6. The lowest BCUT2D eigenvalue weighted by molar-refractivity contribution is 0.327. The summed E-state index contributed by atoms with van der Waals surface area (Å²) in [6.07, 6.45) is 4.14. The lowest BCUT2D eigenvalue weighted by atomic mass is 9.88. The second-order valence-corrected chi connectivity index (χ2v) is 7.89. The molecule has 1 N–H and O–H groups in total. The summed E-state index contributed by atoms with van der Waals surface area (Å²) in [4.78, 5) is 0.330. The van der Waals surface area contributed by atoms with Crippen LogP contribution in [0, 0.1) is 19.8 Å². The first-order valence-corrected chi connectivity index (χ1v) is 8.99. The van der Waals surface area contributed by atoms with Gasteiger partial charge in [0.15, 0.2) is 0 Å². The SMILES string of the molecule is COc1c(C)cc(S(=O)(=O)NC2CCCC(C)C2)cc1C. The second kappa shape index (κ2) is 6.36. The smallest absolute Gasteiger partial charge is 0.240 e. The molecule has 2 rings (SSSR count). The van der Waals surface area contributed by atoms with Crippen LogP contribution in [0.15, 0.2) is 17.0 Å². The minimum absolute atomic E-state index is 0.0569. The van der Waals surface area contributed by atoms with Crippen LogP contribution in [-0.4, -0.2) is 21.6 Å². The number of hydrogen-bond acceptors (Lipinski definition) is 3. The zero-order valence-electron chi connectivity index (χ0n) is 13.3. The van der Waals surface area contributed by atoms with Gasteiger partial charge in [-0.25, -0.2) is 13.1 Å². The molecule has 0 amide bonds. The van der Waals surface area contributed by atoms with Gasteiger partial charge in [0.05, 0.1) is 12.0 Å². The topological polar surface area (TPSA) is 55.4 Å². The van der Waals surface area contributed by atoms with Crippen LogP contribution in [0.1, 0.15) is 43.7 Å². The van der Waals surface area contributed by atoms with Crippen LogP contribution in [0.25, 0.3) is 0 Å². The van der Waals surface area contributed by atoms with Crippen LogP contribution in [0.2, 0.25) is 0 Å². The summed E-state index contributed by atoms with van der Waals surface area (Å²) in [7, 11) is -1.86. The fraction of sp³-hybridized carbons (Fsp3) is 0.625. The van der Waals surface area contributed by atoms with Crippen molar-refractivity contribution in [3.63, 3.8) is 0 Å². The molecule has 4 nitrogen and oxygen atoms in total. The van der Waals surface area contributed by atoms with E-state index in [0.717, 1.165) is 36.1 Å².